The highest BCUT2D eigenvalue weighted by Gasteiger charge is 2.11. The third kappa shape index (κ3) is 3.02. The summed E-state index contributed by atoms with van der Waals surface area (Å²) < 4.78 is 10.8. The molecule has 8 heteroatoms. The van der Waals surface area contributed by atoms with Crippen LogP contribution >= 0.6 is 0 Å². The maximum absolute atomic E-state index is 8.89. The summed E-state index contributed by atoms with van der Waals surface area (Å²) >= 11 is 0. The average Bonchev–Trinajstić information content (AvgIpc) is 2.89. The lowest BCUT2D eigenvalue weighted by Crippen LogP contribution is -2.04. The van der Waals surface area contributed by atoms with E-state index in [1.165, 1.54) is 4.80 Å². The summed E-state index contributed by atoms with van der Waals surface area (Å²) in [6.45, 7) is 1.84. The van der Waals surface area contributed by atoms with Crippen molar-refractivity contribution in [3.63, 3.8) is 0 Å². The van der Waals surface area contributed by atoms with E-state index in [2.05, 4.69) is 20.6 Å². The number of ether oxygens (including phenoxy) is 2. The summed E-state index contributed by atoms with van der Waals surface area (Å²) in [5.41, 5.74) is 1.10. The van der Waals surface area contributed by atoms with Crippen LogP contribution in [-0.2, 0) is 13.7 Å². The van der Waals surface area contributed by atoms with Gasteiger partial charge in [0.25, 0.3) is 0 Å². The minimum Gasteiger partial charge on any atom is -0.497 e. The second kappa shape index (κ2) is 6.00. The summed E-state index contributed by atoms with van der Waals surface area (Å²) in [7, 11) is 3.24. The molecule has 0 bridgehead atoms. The molecule has 8 nitrogen and oxygen atoms in total. The van der Waals surface area contributed by atoms with E-state index in [9.17, 15) is 0 Å². The van der Waals surface area contributed by atoms with Crippen molar-refractivity contribution in [3.05, 3.63) is 29.6 Å². The first-order valence-corrected chi connectivity index (χ1v) is 5.86. The SMILES string of the molecule is COc1ccc(/C(C)=N/O)c(OCc2nnn(C)n2)c1. The molecule has 0 aliphatic heterocycles. The molecule has 20 heavy (non-hydrogen) atoms. The van der Waals surface area contributed by atoms with Gasteiger partial charge in [0.1, 0.15) is 11.5 Å². The number of oxime groups is 1. The second-order valence-corrected chi connectivity index (χ2v) is 4.03. The molecule has 0 amide bonds. The highest BCUT2D eigenvalue weighted by atomic mass is 16.5. The quantitative estimate of drug-likeness (QED) is 0.497. The molecule has 0 aliphatic rings. The lowest BCUT2D eigenvalue weighted by atomic mass is 10.1. The van der Waals surface area contributed by atoms with Crippen molar-refractivity contribution in [1.29, 1.82) is 0 Å². The van der Waals surface area contributed by atoms with Gasteiger partial charge in [-0.1, -0.05) is 5.16 Å². The Morgan fingerprint density at radius 1 is 1.45 bits per heavy atom. The number of methoxy groups -OCH3 is 1. The summed E-state index contributed by atoms with van der Waals surface area (Å²) in [4.78, 5) is 1.35. The highest BCUT2D eigenvalue weighted by Crippen LogP contribution is 2.26. The monoisotopic (exact) mass is 277 g/mol. The fourth-order valence-corrected chi connectivity index (χ4v) is 1.63. The first-order valence-electron chi connectivity index (χ1n) is 5.86. The molecular formula is C12H15N5O3. The normalized spacial score (nSPS) is 11.4. The molecule has 0 radical (unpaired) electrons. The summed E-state index contributed by atoms with van der Waals surface area (Å²) in [6, 6.07) is 5.23. The predicted molar refractivity (Wildman–Crippen MR) is 70.1 cm³/mol. The molecule has 0 saturated heterocycles. The minimum absolute atomic E-state index is 0.159. The predicted octanol–water partition coefficient (Wildman–Crippen LogP) is 0.996. The Morgan fingerprint density at radius 2 is 2.25 bits per heavy atom. The Balaban J connectivity index is 2.23. The molecule has 0 spiro atoms. The number of hydrogen-bond donors (Lipinski definition) is 1. The Kier molecular flexibility index (Phi) is 4.14. The number of nitrogens with zero attached hydrogens (tertiary/aromatic N) is 5. The molecule has 1 N–H and O–H groups in total. The van der Waals surface area contributed by atoms with Gasteiger partial charge in [0.2, 0.25) is 5.82 Å². The first-order chi connectivity index (χ1) is 9.63. The Hall–Kier alpha value is -2.64. The lowest BCUT2D eigenvalue weighted by molar-refractivity contribution is 0.291. The standard InChI is InChI=1S/C12H15N5O3/c1-8(15-18)10-5-4-9(19-3)6-11(10)20-7-12-13-16-17(2)14-12/h4-6,18H,7H2,1-3H3/b15-8+. The van der Waals surface area contributed by atoms with Gasteiger partial charge < -0.3 is 14.7 Å². The van der Waals surface area contributed by atoms with Crippen molar-refractivity contribution in [3.8, 4) is 11.5 Å². The van der Waals surface area contributed by atoms with E-state index in [1.54, 1.807) is 39.3 Å². The molecule has 0 saturated carbocycles. The molecule has 0 atom stereocenters. The van der Waals surface area contributed by atoms with Gasteiger partial charge in [0.05, 0.1) is 19.9 Å². The molecule has 1 heterocycles. The van der Waals surface area contributed by atoms with Crippen molar-refractivity contribution in [2.75, 3.05) is 7.11 Å². The van der Waals surface area contributed by atoms with E-state index >= 15 is 0 Å². The zero-order valence-corrected chi connectivity index (χ0v) is 11.4. The third-order valence-electron chi connectivity index (χ3n) is 2.64. The number of hydrogen-bond acceptors (Lipinski definition) is 7. The van der Waals surface area contributed by atoms with Gasteiger partial charge in [-0.2, -0.15) is 4.80 Å². The summed E-state index contributed by atoms with van der Waals surface area (Å²) in [5.74, 6) is 1.62. The van der Waals surface area contributed by atoms with Crippen molar-refractivity contribution >= 4 is 5.71 Å². The van der Waals surface area contributed by atoms with E-state index in [0.717, 1.165) is 0 Å². The Morgan fingerprint density at radius 3 is 2.85 bits per heavy atom. The average molecular weight is 277 g/mol. The van der Waals surface area contributed by atoms with Crippen LogP contribution in [0.2, 0.25) is 0 Å². The van der Waals surface area contributed by atoms with Crippen molar-refractivity contribution in [1.82, 2.24) is 20.2 Å². The molecule has 0 aliphatic carbocycles. The van der Waals surface area contributed by atoms with Gasteiger partial charge in [-0.15, -0.1) is 10.2 Å². The number of rotatable bonds is 5. The summed E-state index contributed by atoms with van der Waals surface area (Å²) in [5, 5.41) is 23.7. The van der Waals surface area contributed by atoms with Crippen LogP contribution in [-0.4, -0.2) is 38.2 Å². The molecule has 1 aromatic heterocycles. The molecule has 106 valence electrons. The van der Waals surface area contributed by atoms with Gasteiger partial charge in [-0.3, -0.25) is 0 Å². The highest BCUT2D eigenvalue weighted by molar-refractivity contribution is 6.00. The minimum atomic E-state index is 0.159. The van der Waals surface area contributed by atoms with Gasteiger partial charge >= 0.3 is 0 Å². The van der Waals surface area contributed by atoms with Crippen LogP contribution in [0.15, 0.2) is 23.4 Å². The van der Waals surface area contributed by atoms with Crippen molar-refractivity contribution in [2.24, 2.45) is 12.2 Å². The largest absolute Gasteiger partial charge is 0.497 e. The van der Waals surface area contributed by atoms with Crippen LogP contribution in [0.5, 0.6) is 11.5 Å². The molecule has 2 aromatic rings. The van der Waals surface area contributed by atoms with Crippen LogP contribution in [0.3, 0.4) is 0 Å². The third-order valence-corrected chi connectivity index (χ3v) is 2.64. The lowest BCUT2D eigenvalue weighted by Gasteiger charge is -2.11. The van der Waals surface area contributed by atoms with Crippen LogP contribution in [0, 0.1) is 0 Å². The van der Waals surface area contributed by atoms with E-state index in [0.29, 0.717) is 28.6 Å². The fraction of sp³-hybridized carbons (Fsp3) is 0.333. The van der Waals surface area contributed by atoms with E-state index in [4.69, 9.17) is 14.7 Å². The van der Waals surface area contributed by atoms with Crippen LogP contribution in [0.4, 0.5) is 0 Å². The maximum atomic E-state index is 8.89. The molecule has 2 rings (SSSR count). The maximum Gasteiger partial charge on any atom is 0.212 e. The molecule has 1 aromatic carbocycles. The van der Waals surface area contributed by atoms with Gasteiger partial charge in [0, 0.05) is 11.6 Å². The zero-order valence-electron chi connectivity index (χ0n) is 11.4. The van der Waals surface area contributed by atoms with Gasteiger partial charge in [0.15, 0.2) is 6.61 Å². The number of aryl methyl sites for hydroxylation is 1. The van der Waals surface area contributed by atoms with Crippen LogP contribution in [0.25, 0.3) is 0 Å². The van der Waals surface area contributed by atoms with Gasteiger partial charge in [-0.05, 0) is 24.3 Å². The first kappa shape index (κ1) is 13.8. The zero-order chi connectivity index (χ0) is 14.5. The Bertz CT molecular complexity index is 623. The topological polar surface area (TPSA) is 94.6 Å². The van der Waals surface area contributed by atoms with Crippen LogP contribution in [0.1, 0.15) is 18.3 Å². The molecule has 0 unspecified atom stereocenters. The van der Waals surface area contributed by atoms with E-state index in [-0.39, 0.29) is 6.61 Å². The van der Waals surface area contributed by atoms with Crippen molar-refractivity contribution in [2.45, 2.75) is 13.5 Å². The smallest absolute Gasteiger partial charge is 0.212 e. The van der Waals surface area contributed by atoms with E-state index < -0.39 is 0 Å². The fourth-order valence-electron chi connectivity index (χ4n) is 1.63. The molecular weight excluding hydrogens is 262 g/mol. The van der Waals surface area contributed by atoms with Gasteiger partial charge in [-0.25, -0.2) is 0 Å². The van der Waals surface area contributed by atoms with E-state index in [1.807, 2.05) is 0 Å². The molecule has 0 fully saturated rings. The number of aromatic nitrogens is 4. The summed E-state index contributed by atoms with van der Waals surface area (Å²) in [6.07, 6.45) is 0. The number of benzene rings is 1. The van der Waals surface area contributed by atoms with Crippen molar-refractivity contribution < 1.29 is 14.7 Å². The number of tetrazole rings is 1. The Labute approximate surface area is 115 Å². The van der Waals surface area contributed by atoms with Crippen LogP contribution < -0.4 is 9.47 Å². The second-order valence-electron chi connectivity index (χ2n) is 4.03.